The van der Waals surface area contributed by atoms with Gasteiger partial charge in [0.05, 0.1) is 12.6 Å². The summed E-state index contributed by atoms with van der Waals surface area (Å²) in [6.45, 7) is 3.86. The van der Waals surface area contributed by atoms with Gasteiger partial charge in [-0.1, -0.05) is 74.5 Å². The molecular formula is C63H98N18O13S. The van der Waals surface area contributed by atoms with E-state index in [1.807, 2.05) is 20.1 Å². The van der Waals surface area contributed by atoms with Crippen molar-refractivity contribution in [2.24, 2.45) is 51.0 Å². The summed E-state index contributed by atoms with van der Waals surface area (Å²) >= 11 is 1.45. The highest BCUT2D eigenvalue weighted by Gasteiger charge is 2.42. The molecule has 31 nitrogen and oxygen atoms in total. The summed E-state index contributed by atoms with van der Waals surface area (Å²) in [4.78, 5) is 185. The predicted octanol–water partition coefficient (Wildman–Crippen LogP) is -3.71. The van der Waals surface area contributed by atoms with Gasteiger partial charge in [0, 0.05) is 45.3 Å². The number of unbranched alkanes of at least 4 members (excludes halogenated alkanes) is 1. The second-order valence-electron chi connectivity index (χ2n) is 24.1. The van der Waals surface area contributed by atoms with E-state index in [2.05, 4.69) is 47.5 Å². The number of carbonyl (C=O) groups excluding carboxylic acids is 13. The second-order valence-corrected chi connectivity index (χ2v) is 25.1. The fourth-order valence-corrected chi connectivity index (χ4v) is 11.5. The summed E-state index contributed by atoms with van der Waals surface area (Å²) in [6, 6.07) is 4.51. The number of guanidine groups is 1. The number of benzene rings is 2. The van der Waals surface area contributed by atoms with Gasteiger partial charge < -0.3 is 92.5 Å². The third kappa shape index (κ3) is 27.5. The van der Waals surface area contributed by atoms with Crippen LogP contribution < -0.4 is 82.7 Å². The minimum Gasteiger partial charge on any atom is -0.370 e. The standard InChI is InChI=1S/C63H98N18O13S/c1-37(2)33-45(57(89)74-41(53(68)85)27-32-95-3)73-52(84)36-72-54(86)46(34-38-15-6-4-7-16-38)78-58(90)47(35-39-17-8-5-9-18-39)79-56(88)42(23-25-50(66)82)75-55(87)43(24-26-51(67)83)76-59(91)49-22-14-31-81(49)62(94)44(20-10-11-28-64)77-60(92)48-21-13-30-80(48)61(93)40(65)19-12-29-71-63(69)70/h4-9,15-18,37,40-49H,10-14,19-36,64-65H2,1-3H3,(H2,66,82)(H2,67,83)(H2,68,85)(H,72,86)(H,73,84)(H,74,89)(H,75,87)(H,76,91)(H,77,92)(H,78,90)(H,79,88)(H4,69,70,71)/t40-,41-,42+,43-,44+,45+,46-,47+,48+,49-/m0/s1. The van der Waals surface area contributed by atoms with Crippen LogP contribution in [0.4, 0.5) is 0 Å². The molecule has 0 unspecified atom stereocenters. The Morgan fingerprint density at radius 2 is 1.01 bits per heavy atom. The number of nitrogens with two attached hydrogens (primary N) is 7. The van der Waals surface area contributed by atoms with Crippen LogP contribution in [0.25, 0.3) is 0 Å². The van der Waals surface area contributed by atoms with Crippen molar-refractivity contribution in [3.8, 4) is 0 Å². The first kappa shape index (κ1) is 78.5. The highest BCUT2D eigenvalue weighted by atomic mass is 32.2. The quantitative estimate of drug-likeness (QED) is 0.0173. The molecule has 0 aliphatic carbocycles. The van der Waals surface area contributed by atoms with Crippen molar-refractivity contribution in [3.05, 3.63) is 71.8 Å². The van der Waals surface area contributed by atoms with E-state index in [0.29, 0.717) is 55.4 Å². The van der Waals surface area contributed by atoms with Crippen LogP contribution in [0.1, 0.15) is 121 Å². The molecule has 2 fully saturated rings. The molecule has 2 aliphatic heterocycles. The molecule has 4 rings (SSSR count). The van der Waals surface area contributed by atoms with Crippen LogP contribution >= 0.6 is 11.8 Å². The van der Waals surface area contributed by atoms with Gasteiger partial charge >= 0.3 is 0 Å². The zero-order valence-corrected chi connectivity index (χ0v) is 55.3. The Labute approximate surface area is 558 Å². The Morgan fingerprint density at radius 3 is 1.51 bits per heavy atom. The first-order valence-corrected chi connectivity index (χ1v) is 33.6. The molecular weight excluding hydrogens is 1250 g/mol. The lowest BCUT2D eigenvalue weighted by molar-refractivity contribution is -0.144. The summed E-state index contributed by atoms with van der Waals surface area (Å²) in [5.41, 5.74) is 40.6. The van der Waals surface area contributed by atoms with Crippen LogP contribution in [0, 0.1) is 5.92 Å². The van der Waals surface area contributed by atoms with E-state index in [1.54, 1.807) is 60.7 Å². The topological polar surface area (TPSA) is 519 Å². The van der Waals surface area contributed by atoms with Crippen molar-refractivity contribution in [2.45, 2.75) is 183 Å². The van der Waals surface area contributed by atoms with Crippen molar-refractivity contribution in [3.63, 3.8) is 0 Å². The van der Waals surface area contributed by atoms with Gasteiger partial charge in [-0.2, -0.15) is 11.8 Å². The Hall–Kier alpha value is -8.91. The number of nitrogens with one attached hydrogen (secondary N) is 8. The third-order valence-corrected chi connectivity index (χ3v) is 16.7. The van der Waals surface area contributed by atoms with Crippen LogP contribution in [0.15, 0.2) is 65.7 Å². The predicted molar refractivity (Wildman–Crippen MR) is 356 cm³/mol. The first-order chi connectivity index (χ1) is 45.2. The number of primary amides is 3. The van der Waals surface area contributed by atoms with Crippen LogP contribution in [0.3, 0.4) is 0 Å². The molecule has 0 saturated carbocycles. The van der Waals surface area contributed by atoms with Gasteiger partial charge in [0.1, 0.15) is 54.4 Å². The van der Waals surface area contributed by atoms with Crippen molar-refractivity contribution < 1.29 is 62.3 Å². The number of likely N-dealkylation sites (tertiary alicyclic amines) is 2. The van der Waals surface area contributed by atoms with Crippen molar-refractivity contribution in [1.29, 1.82) is 0 Å². The molecule has 10 atom stereocenters. The smallest absolute Gasteiger partial charge is 0.245 e. The zero-order chi connectivity index (χ0) is 70.1. The molecule has 2 saturated heterocycles. The van der Waals surface area contributed by atoms with Gasteiger partial charge in [-0.3, -0.25) is 67.3 Å². The fraction of sp³-hybridized carbons (Fsp3) is 0.587. The number of aliphatic imine (C=N–C) groups is 1. The van der Waals surface area contributed by atoms with Gasteiger partial charge in [0.25, 0.3) is 0 Å². The molecule has 0 aromatic heterocycles. The summed E-state index contributed by atoms with van der Waals surface area (Å²) in [5, 5.41) is 21.1. The lowest BCUT2D eigenvalue weighted by Crippen LogP contribution is -2.60. The van der Waals surface area contributed by atoms with E-state index < -0.39 is 169 Å². The number of nitrogens with zero attached hydrogens (tertiary/aromatic N) is 3. The molecule has 2 aromatic rings. The normalized spacial score (nSPS) is 16.8. The van der Waals surface area contributed by atoms with Gasteiger partial charge in [0.2, 0.25) is 76.8 Å². The number of carbonyl (C=O) groups is 13. The van der Waals surface area contributed by atoms with Gasteiger partial charge in [0.15, 0.2) is 5.96 Å². The van der Waals surface area contributed by atoms with E-state index in [9.17, 15) is 62.3 Å². The average Bonchev–Trinajstić information content (AvgIpc) is 1.74. The SMILES string of the molecule is CSCC[C@H](NC(=O)[C@@H](CC(C)C)NC(=O)CNC(=O)[C@H](Cc1ccccc1)NC(=O)[C@@H](Cc1ccccc1)NC(=O)[C@@H](CCC(N)=O)NC(=O)[C@H](CCC(N)=O)NC(=O)[C@@H]1CCCN1C(=O)[C@@H](CCCCN)NC(=O)[C@H]1CCCN1C(=O)[C@@H](N)CCCN=C(N)N)C(N)=O. The summed E-state index contributed by atoms with van der Waals surface area (Å²) in [5.74, 6) is -9.80. The molecule has 0 bridgehead atoms. The number of hydrogen-bond donors (Lipinski definition) is 15. The summed E-state index contributed by atoms with van der Waals surface area (Å²) < 4.78 is 0. The number of amides is 13. The minimum absolute atomic E-state index is 0.0736. The maximum atomic E-state index is 14.7. The highest BCUT2D eigenvalue weighted by Crippen LogP contribution is 2.24. The number of rotatable bonds is 42. The van der Waals surface area contributed by atoms with Crippen LogP contribution in [-0.2, 0) is 75.2 Å². The molecule has 2 heterocycles. The lowest BCUT2D eigenvalue weighted by Gasteiger charge is -2.32. The monoisotopic (exact) mass is 1350 g/mol. The Balaban J connectivity index is 1.56. The lowest BCUT2D eigenvalue weighted by atomic mass is 10.0. The first-order valence-electron chi connectivity index (χ1n) is 32.2. The van der Waals surface area contributed by atoms with Crippen LogP contribution in [-0.4, -0.2) is 198 Å². The van der Waals surface area contributed by atoms with E-state index in [1.165, 1.54) is 21.6 Å². The maximum absolute atomic E-state index is 14.7. The summed E-state index contributed by atoms with van der Waals surface area (Å²) in [7, 11) is 0. The molecule has 22 N–H and O–H groups in total. The van der Waals surface area contributed by atoms with E-state index in [-0.39, 0.29) is 83.0 Å². The van der Waals surface area contributed by atoms with E-state index >= 15 is 0 Å². The average molecular weight is 1350 g/mol. The van der Waals surface area contributed by atoms with Crippen LogP contribution in [0.5, 0.6) is 0 Å². The van der Waals surface area contributed by atoms with Crippen molar-refractivity contribution in [2.75, 3.05) is 44.7 Å². The molecule has 2 aromatic carbocycles. The molecule has 524 valence electrons. The molecule has 32 heteroatoms. The number of hydrogen-bond acceptors (Lipinski definition) is 17. The van der Waals surface area contributed by atoms with E-state index in [4.69, 9.17) is 40.1 Å². The molecule has 95 heavy (non-hydrogen) atoms. The van der Waals surface area contributed by atoms with Crippen LogP contribution in [0.2, 0.25) is 0 Å². The molecule has 0 radical (unpaired) electrons. The van der Waals surface area contributed by atoms with Crippen molar-refractivity contribution in [1.82, 2.24) is 52.3 Å². The maximum Gasteiger partial charge on any atom is 0.245 e. The molecule has 2 aliphatic rings. The molecule has 13 amide bonds. The van der Waals surface area contributed by atoms with Gasteiger partial charge in [-0.05, 0) is 119 Å². The Bertz CT molecular complexity index is 2960. The minimum atomic E-state index is -1.64. The Kier molecular flexibility index (Phi) is 33.9. The highest BCUT2D eigenvalue weighted by molar-refractivity contribution is 7.98. The Morgan fingerprint density at radius 1 is 0.537 bits per heavy atom. The summed E-state index contributed by atoms with van der Waals surface area (Å²) in [6.07, 6.45) is 3.12. The van der Waals surface area contributed by atoms with Crippen molar-refractivity contribution >= 4 is 94.5 Å². The third-order valence-electron chi connectivity index (χ3n) is 16.0. The largest absolute Gasteiger partial charge is 0.370 e. The van der Waals surface area contributed by atoms with Gasteiger partial charge in [-0.15, -0.1) is 0 Å². The zero-order valence-electron chi connectivity index (χ0n) is 54.5. The van der Waals surface area contributed by atoms with Gasteiger partial charge in [-0.25, -0.2) is 0 Å². The molecule has 0 spiro atoms. The second kappa shape index (κ2) is 41.0. The number of thioether (sulfide) groups is 1. The van der Waals surface area contributed by atoms with E-state index in [0.717, 1.165) is 0 Å². The fourth-order valence-electron chi connectivity index (χ4n) is 11.0.